The number of nitrogens with zero attached hydrogens (tertiary/aromatic N) is 3. The highest BCUT2D eigenvalue weighted by atomic mass is 32.2. The lowest BCUT2D eigenvalue weighted by Crippen LogP contribution is -2.33. The molecule has 2 heterocycles. The molecular formula is C10H16N4OS. The molecule has 5 nitrogen and oxygen atoms in total. The molecule has 1 fully saturated rings. The summed E-state index contributed by atoms with van der Waals surface area (Å²) in [6.45, 7) is 6.04. The Morgan fingerprint density at radius 2 is 2.38 bits per heavy atom. The Bertz CT molecular complexity index is 363. The van der Waals surface area contributed by atoms with E-state index < -0.39 is 0 Å². The molecule has 0 atom stereocenters. The van der Waals surface area contributed by atoms with Crippen LogP contribution in [-0.4, -0.2) is 49.8 Å². The SMILES string of the molecule is CC1(C)CCN(C(=O)c2cn[nH]n2)CCS1. The smallest absolute Gasteiger partial charge is 0.276 e. The minimum absolute atomic E-state index is 0.0212. The zero-order valence-electron chi connectivity index (χ0n) is 9.56. The second kappa shape index (κ2) is 4.45. The normalized spacial score (nSPS) is 20.5. The number of carbonyl (C=O) groups excluding carboxylic acids is 1. The molecule has 1 aliphatic heterocycles. The molecule has 1 amide bonds. The Balaban J connectivity index is 2.03. The standard InChI is InChI=1S/C10H16N4OS/c1-10(2)3-4-14(5-6-16-10)9(15)8-7-11-13-12-8/h7H,3-6H2,1-2H3,(H,11,12,13). The Hall–Kier alpha value is -1.04. The van der Waals surface area contributed by atoms with Crippen molar-refractivity contribution in [2.45, 2.75) is 25.0 Å². The largest absolute Gasteiger partial charge is 0.336 e. The van der Waals surface area contributed by atoms with Crippen LogP contribution in [0.25, 0.3) is 0 Å². The third-order valence-corrected chi connectivity index (χ3v) is 4.13. The predicted molar refractivity (Wildman–Crippen MR) is 63.4 cm³/mol. The first kappa shape index (κ1) is 11.4. The van der Waals surface area contributed by atoms with Gasteiger partial charge >= 0.3 is 0 Å². The summed E-state index contributed by atoms with van der Waals surface area (Å²) in [4.78, 5) is 13.9. The average molecular weight is 240 g/mol. The number of hydrogen-bond acceptors (Lipinski definition) is 4. The van der Waals surface area contributed by atoms with Gasteiger partial charge in [0.1, 0.15) is 0 Å². The molecule has 0 radical (unpaired) electrons. The van der Waals surface area contributed by atoms with Gasteiger partial charge in [-0.3, -0.25) is 4.79 Å². The molecule has 0 unspecified atom stereocenters. The Morgan fingerprint density at radius 1 is 1.56 bits per heavy atom. The summed E-state index contributed by atoms with van der Waals surface area (Å²) in [5.41, 5.74) is 0.407. The van der Waals surface area contributed by atoms with E-state index in [4.69, 9.17) is 0 Å². The summed E-state index contributed by atoms with van der Waals surface area (Å²) < 4.78 is 0.263. The van der Waals surface area contributed by atoms with Gasteiger partial charge in [-0.15, -0.1) is 0 Å². The van der Waals surface area contributed by atoms with E-state index in [1.165, 1.54) is 6.20 Å². The lowest BCUT2D eigenvalue weighted by molar-refractivity contribution is 0.0758. The number of nitrogens with one attached hydrogen (secondary N) is 1. The van der Waals surface area contributed by atoms with Crippen LogP contribution in [0.5, 0.6) is 0 Å². The van der Waals surface area contributed by atoms with Crippen molar-refractivity contribution in [2.24, 2.45) is 0 Å². The molecular weight excluding hydrogens is 224 g/mol. The molecule has 1 N–H and O–H groups in total. The van der Waals surface area contributed by atoms with E-state index in [0.717, 1.165) is 25.3 Å². The molecule has 1 aliphatic rings. The average Bonchev–Trinajstić information content (AvgIpc) is 2.69. The van der Waals surface area contributed by atoms with E-state index in [2.05, 4.69) is 29.3 Å². The molecule has 1 saturated heterocycles. The predicted octanol–water partition coefficient (Wildman–Crippen LogP) is 1.16. The second-order valence-electron chi connectivity index (χ2n) is 4.51. The first-order chi connectivity index (χ1) is 7.58. The van der Waals surface area contributed by atoms with Gasteiger partial charge in [0.2, 0.25) is 0 Å². The second-order valence-corrected chi connectivity index (χ2v) is 6.31. The van der Waals surface area contributed by atoms with Crippen LogP contribution in [0.4, 0.5) is 0 Å². The highest BCUT2D eigenvalue weighted by Crippen LogP contribution is 2.30. The first-order valence-corrected chi connectivity index (χ1v) is 6.36. The van der Waals surface area contributed by atoms with Crippen LogP contribution >= 0.6 is 11.8 Å². The van der Waals surface area contributed by atoms with Crippen LogP contribution in [0.2, 0.25) is 0 Å². The van der Waals surface area contributed by atoms with Gasteiger partial charge < -0.3 is 4.90 Å². The van der Waals surface area contributed by atoms with E-state index in [1.807, 2.05) is 16.7 Å². The van der Waals surface area contributed by atoms with Crippen molar-refractivity contribution in [3.05, 3.63) is 11.9 Å². The lowest BCUT2D eigenvalue weighted by atomic mass is 10.1. The molecule has 1 aromatic rings. The lowest BCUT2D eigenvalue weighted by Gasteiger charge is -2.22. The van der Waals surface area contributed by atoms with Crippen LogP contribution in [0, 0.1) is 0 Å². The van der Waals surface area contributed by atoms with Crippen molar-refractivity contribution < 1.29 is 4.79 Å². The van der Waals surface area contributed by atoms with Gasteiger partial charge in [-0.2, -0.15) is 27.2 Å². The molecule has 2 rings (SSSR count). The highest BCUT2D eigenvalue weighted by molar-refractivity contribution is 8.00. The molecule has 6 heteroatoms. The summed E-state index contributed by atoms with van der Waals surface area (Å²) in [6, 6.07) is 0. The van der Waals surface area contributed by atoms with E-state index in [0.29, 0.717) is 5.69 Å². The topological polar surface area (TPSA) is 61.9 Å². The van der Waals surface area contributed by atoms with Gasteiger partial charge in [0, 0.05) is 23.6 Å². The molecule has 0 saturated carbocycles. The minimum Gasteiger partial charge on any atom is -0.336 e. The van der Waals surface area contributed by atoms with Gasteiger partial charge in [-0.25, -0.2) is 0 Å². The van der Waals surface area contributed by atoms with Crippen molar-refractivity contribution in [1.82, 2.24) is 20.3 Å². The number of rotatable bonds is 1. The minimum atomic E-state index is -0.0212. The van der Waals surface area contributed by atoms with Gasteiger partial charge in [-0.1, -0.05) is 13.8 Å². The number of H-pyrrole nitrogens is 1. The van der Waals surface area contributed by atoms with Crippen molar-refractivity contribution in [3.8, 4) is 0 Å². The van der Waals surface area contributed by atoms with Gasteiger partial charge in [0.25, 0.3) is 5.91 Å². The molecule has 0 spiro atoms. The van der Waals surface area contributed by atoms with Crippen molar-refractivity contribution in [3.63, 3.8) is 0 Å². The molecule has 16 heavy (non-hydrogen) atoms. The van der Waals surface area contributed by atoms with E-state index in [-0.39, 0.29) is 10.7 Å². The van der Waals surface area contributed by atoms with Crippen LogP contribution in [-0.2, 0) is 0 Å². The van der Waals surface area contributed by atoms with Gasteiger partial charge in [-0.05, 0) is 6.42 Å². The van der Waals surface area contributed by atoms with Crippen LogP contribution in [0.15, 0.2) is 6.20 Å². The molecule has 0 aliphatic carbocycles. The summed E-state index contributed by atoms with van der Waals surface area (Å²) >= 11 is 1.92. The Morgan fingerprint density at radius 3 is 3.06 bits per heavy atom. The number of hydrogen-bond donors (Lipinski definition) is 1. The molecule has 0 bridgehead atoms. The molecule has 88 valence electrons. The summed E-state index contributed by atoms with van der Waals surface area (Å²) in [6.07, 6.45) is 2.49. The summed E-state index contributed by atoms with van der Waals surface area (Å²) in [7, 11) is 0. The number of carbonyl (C=O) groups is 1. The van der Waals surface area contributed by atoms with Gasteiger partial charge in [0.15, 0.2) is 5.69 Å². The van der Waals surface area contributed by atoms with Crippen LogP contribution in [0.1, 0.15) is 30.8 Å². The fourth-order valence-corrected chi connectivity index (χ4v) is 2.79. The summed E-state index contributed by atoms with van der Waals surface area (Å²) in [5, 5.41) is 9.95. The maximum absolute atomic E-state index is 12.0. The quantitative estimate of drug-likeness (QED) is 0.800. The van der Waals surface area contributed by atoms with Crippen LogP contribution in [0.3, 0.4) is 0 Å². The number of aromatic nitrogens is 3. The number of thioether (sulfide) groups is 1. The first-order valence-electron chi connectivity index (χ1n) is 5.37. The maximum Gasteiger partial charge on any atom is 0.276 e. The number of amides is 1. The van der Waals surface area contributed by atoms with E-state index in [1.54, 1.807) is 0 Å². The van der Waals surface area contributed by atoms with Crippen molar-refractivity contribution in [2.75, 3.05) is 18.8 Å². The fraction of sp³-hybridized carbons (Fsp3) is 0.700. The Labute approximate surface area is 99.0 Å². The highest BCUT2D eigenvalue weighted by Gasteiger charge is 2.27. The van der Waals surface area contributed by atoms with Crippen molar-refractivity contribution in [1.29, 1.82) is 0 Å². The van der Waals surface area contributed by atoms with Gasteiger partial charge in [0.05, 0.1) is 6.20 Å². The Kier molecular flexibility index (Phi) is 3.18. The summed E-state index contributed by atoms with van der Waals surface area (Å²) in [5.74, 6) is 0.961. The third kappa shape index (κ3) is 2.55. The van der Waals surface area contributed by atoms with E-state index in [9.17, 15) is 4.79 Å². The van der Waals surface area contributed by atoms with E-state index >= 15 is 0 Å². The zero-order chi connectivity index (χ0) is 11.6. The number of aromatic amines is 1. The van der Waals surface area contributed by atoms with Crippen molar-refractivity contribution >= 4 is 17.7 Å². The molecule has 1 aromatic heterocycles. The molecule has 0 aromatic carbocycles. The zero-order valence-corrected chi connectivity index (χ0v) is 10.4. The monoisotopic (exact) mass is 240 g/mol. The fourth-order valence-electron chi connectivity index (χ4n) is 1.69. The van der Waals surface area contributed by atoms with Crippen LogP contribution < -0.4 is 0 Å². The third-order valence-electron chi connectivity index (χ3n) is 2.76. The maximum atomic E-state index is 12.0.